The lowest BCUT2D eigenvalue weighted by atomic mass is 9.98. The van der Waals surface area contributed by atoms with Gasteiger partial charge in [-0.05, 0) is 28.5 Å². The number of aromatic nitrogens is 4. The Balaban J connectivity index is 1.51. The van der Waals surface area contributed by atoms with Crippen LogP contribution in [-0.4, -0.2) is 18.7 Å². The van der Waals surface area contributed by atoms with Crippen molar-refractivity contribution in [2.24, 2.45) is 0 Å². The van der Waals surface area contributed by atoms with E-state index in [0.29, 0.717) is 6.42 Å². The van der Waals surface area contributed by atoms with Gasteiger partial charge in [-0.1, -0.05) is 60.7 Å². The molecule has 30 heavy (non-hydrogen) atoms. The molecule has 0 unspecified atom stereocenters. The lowest BCUT2D eigenvalue weighted by molar-refractivity contribution is 1.11. The van der Waals surface area contributed by atoms with Gasteiger partial charge in [0.15, 0.2) is 0 Å². The zero-order valence-electron chi connectivity index (χ0n) is 16.0. The lowest BCUT2D eigenvalue weighted by Gasteiger charge is -2.09. The van der Waals surface area contributed by atoms with Gasteiger partial charge in [0.25, 0.3) is 0 Å². The average Bonchev–Trinajstić information content (AvgIpc) is 3.30. The largest absolute Gasteiger partial charge is 0.260 e. The second kappa shape index (κ2) is 6.97. The number of pyridine rings is 2. The van der Waals surface area contributed by atoms with Gasteiger partial charge in [-0.3, -0.25) is 9.97 Å². The molecule has 142 valence electrons. The van der Waals surface area contributed by atoms with Crippen LogP contribution in [0.4, 0.5) is 0 Å². The Bertz CT molecular complexity index is 1530. The molecule has 5 heteroatoms. The predicted octanol–water partition coefficient (Wildman–Crippen LogP) is 6.05. The van der Waals surface area contributed by atoms with Gasteiger partial charge in [-0.15, -0.1) is 0 Å². The van der Waals surface area contributed by atoms with E-state index in [4.69, 9.17) is 0 Å². The van der Waals surface area contributed by atoms with E-state index < -0.39 is 0 Å². The van der Waals surface area contributed by atoms with Gasteiger partial charge in [-0.25, -0.2) is 0 Å². The summed E-state index contributed by atoms with van der Waals surface area (Å²) in [6, 6.07) is 25.0. The Hall–Kier alpha value is -3.70. The number of nitrogens with zero attached hydrogens (tertiary/aromatic N) is 4. The maximum absolute atomic E-state index is 4.69. The fourth-order valence-corrected chi connectivity index (χ4v) is 4.68. The Morgan fingerprint density at radius 2 is 1.33 bits per heavy atom. The summed E-state index contributed by atoms with van der Waals surface area (Å²) < 4.78 is 9.27. The topological polar surface area (TPSA) is 51.6 Å². The summed E-state index contributed by atoms with van der Waals surface area (Å²) in [5, 5.41) is 4.67. The van der Waals surface area contributed by atoms with Crippen molar-refractivity contribution in [3.05, 3.63) is 96.4 Å². The van der Waals surface area contributed by atoms with Crippen LogP contribution >= 0.6 is 11.7 Å². The molecular formula is C25H16N4S. The SMILES string of the molecule is c1ccc2c(Cc3ccc(-c4nccc5ccccc45)c4nsnc34)nccc2c1. The Morgan fingerprint density at radius 1 is 0.633 bits per heavy atom. The van der Waals surface area contributed by atoms with Crippen molar-refractivity contribution >= 4 is 44.3 Å². The smallest absolute Gasteiger partial charge is 0.114 e. The highest BCUT2D eigenvalue weighted by Crippen LogP contribution is 2.33. The molecule has 0 N–H and O–H groups in total. The monoisotopic (exact) mass is 404 g/mol. The number of hydrogen-bond donors (Lipinski definition) is 0. The number of hydrogen-bond acceptors (Lipinski definition) is 5. The maximum atomic E-state index is 4.69. The summed E-state index contributed by atoms with van der Waals surface area (Å²) in [5.41, 5.74) is 5.99. The zero-order valence-corrected chi connectivity index (χ0v) is 16.8. The minimum atomic E-state index is 0.715. The molecule has 0 spiro atoms. The van der Waals surface area contributed by atoms with Crippen LogP contribution in [0.1, 0.15) is 11.3 Å². The van der Waals surface area contributed by atoms with Crippen LogP contribution in [0, 0.1) is 0 Å². The van der Waals surface area contributed by atoms with Gasteiger partial charge in [0.1, 0.15) is 11.0 Å². The molecule has 6 aromatic rings. The second-order valence-corrected chi connectivity index (χ2v) is 7.80. The number of rotatable bonds is 3. The van der Waals surface area contributed by atoms with Crippen molar-refractivity contribution in [2.45, 2.75) is 6.42 Å². The number of fused-ring (bicyclic) bond motifs is 3. The van der Waals surface area contributed by atoms with Gasteiger partial charge in [0, 0.05) is 35.2 Å². The zero-order chi connectivity index (χ0) is 19.9. The van der Waals surface area contributed by atoms with Gasteiger partial charge >= 0.3 is 0 Å². The van der Waals surface area contributed by atoms with Crippen molar-refractivity contribution in [3.8, 4) is 11.3 Å². The summed E-state index contributed by atoms with van der Waals surface area (Å²) >= 11 is 1.25. The van der Waals surface area contributed by atoms with E-state index >= 15 is 0 Å². The first-order chi connectivity index (χ1) is 14.9. The third-order valence-corrected chi connectivity index (χ3v) is 6.07. The first-order valence-corrected chi connectivity index (χ1v) is 10.5. The fraction of sp³-hybridized carbons (Fsp3) is 0.0400. The van der Waals surface area contributed by atoms with Crippen LogP contribution < -0.4 is 0 Å². The third kappa shape index (κ3) is 2.75. The van der Waals surface area contributed by atoms with Crippen LogP contribution in [-0.2, 0) is 6.42 Å². The van der Waals surface area contributed by atoms with Crippen LogP contribution in [0.5, 0.6) is 0 Å². The summed E-state index contributed by atoms with van der Waals surface area (Å²) in [7, 11) is 0. The fourth-order valence-electron chi connectivity index (χ4n) is 4.09. The molecule has 0 amide bonds. The first kappa shape index (κ1) is 17.2. The van der Waals surface area contributed by atoms with E-state index in [1.54, 1.807) is 0 Å². The van der Waals surface area contributed by atoms with Crippen LogP contribution in [0.25, 0.3) is 43.8 Å². The van der Waals surface area contributed by atoms with Crippen LogP contribution in [0.3, 0.4) is 0 Å². The van der Waals surface area contributed by atoms with Crippen molar-refractivity contribution in [3.63, 3.8) is 0 Å². The van der Waals surface area contributed by atoms with Crippen molar-refractivity contribution < 1.29 is 0 Å². The summed E-state index contributed by atoms with van der Waals surface area (Å²) in [5.74, 6) is 0. The molecule has 0 saturated carbocycles. The molecule has 6 rings (SSSR count). The van der Waals surface area contributed by atoms with Gasteiger partial charge < -0.3 is 0 Å². The molecule has 0 aliphatic carbocycles. The molecule has 3 aromatic heterocycles. The average molecular weight is 404 g/mol. The highest BCUT2D eigenvalue weighted by atomic mass is 32.1. The van der Waals surface area contributed by atoms with E-state index in [1.807, 2.05) is 36.7 Å². The molecule has 3 aromatic carbocycles. The van der Waals surface area contributed by atoms with Crippen molar-refractivity contribution in [1.82, 2.24) is 18.7 Å². The van der Waals surface area contributed by atoms with E-state index in [-0.39, 0.29) is 0 Å². The molecule has 0 bridgehead atoms. The Labute approximate surface area is 177 Å². The normalized spacial score (nSPS) is 11.5. The Morgan fingerprint density at radius 3 is 2.20 bits per heavy atom. The summed E-state index contributed by atoms with van der Waals surface area (Å²) in [6.07, 6.45) is 4.45. The molecule has 0 saturated heterocycles. The van der Waals surface area contributed by atoms with Crippen LogP contribution in [0.2, 0.25) is 0 Å². The standard InChI is InChI=1S/C25H16N4S/c1-3-7-19-16(5-1)11-13-26-22(19)15-18-9-10-21(25-23(18)28-30-29-25)24-20-8-4-2-6-17(20)12-14-27-24/h1-14H,15H2. The highest BCUT2D eigenvalue weighted by molar-refractivity contribution is 7.00. The van der Waals surface area contributed by atoms with Gasteiger partial charge in [-0.2, -0.15) is 8.75 Å². The number of benzene rings is 3. The molecule has 0 fully saturated rings. The van der Waals surface area contributed by atoms with Crippen LogP contribution in [0.15, 0.2) is 85.2 Å². The molecule has 4 nitrogen and oxygen atoms in total. The van der Waals surface area contributed by atoms with Crippen molar-refractivity contribution in [1.29, 1.82) is 0 Å². The quantitative estimate of drug-likeness (QED) is 0.360. The van der Waals surface area contributed by atoms with Gasteiger partial charge in [0.2, 0.25) is 0 Å². The third-order valence-electron chi connectivity index (χ3n) is 5.54. The first-order valence-electron chi connectivity index (χ1n) is 9.79. The molecule has 0 radical (unpaired) electrons. The molecular weight excluding hydrogens is 388 g/mol. The van der Waals surface area contributed by atoms with Gasteiger partial charge in [0.05, 0.1) is 23.1 Å². The lowest BCUT2D eigenvalue weighted by Crippen LogP contribution is -1.96. The van der Waals surface area contributed by atoms with E-state index in [2.05, 4.69) is 67.2 Å². The summed E-state index contributed by atoms with van der Waals surface area (Å²) in [6.45, 7) is 0. The molecule has 3 heterocycles. The molecule has 0 aliphatic heterocycles. The molecule has 0 aliphatic rings. The predicted molar refractivity (Wildman–Crippen MR) is 123 cm³/mol. The highest BCUT2D eigenvalue weighted by Gasteiger charge is 2.16. The van der Waals surface area contributed by atoms with E-state index in [1.165, 1.54) is 27.9 Å². The minimum Gasteiger partial charge on any atom is -0.260 e. The van der Waals surface area contributed by atoms with E-state index in [9.17, 15) is 0 Å². The van der Waals surface area contributed by atoms with E-state index in [0.717, 1.165) is 38.9 Å². The Kier molecular flexibility index (Phi) is 3.99. The summed E-state index contributed by atoms with van der Waals surface area (Å²) in [4.78, 5) is 9.34. The minimum absolute atomic E-state index is 0.715. The maximum Gasteiger partial charge on any atom is 0.114 e. The molecule has 0 atom stereocenters. The second-order valence-electron chi connectivity index (χ2n) is 7.27. The van der Waals surface area contributed by atoms with Crippen molar-refractivity contribution in [2.75, 3.05) is 0 Å².